The van der Waals surface area contributed by atoms with Crippen molar-refractivity contribution in [1.82, 2.24) is 0 Å². The summed E-state index contributed by atoms with van der Waals surface area (Å²) in [5, 5.41) is 0. The summed E-state index contributed by atoms with van der Waals surface area (Å²) in [6.07, 6.45) is 12.5. The summed E-state index contributed by atoms with van der Waals surface area (Å²) in [5.74, 6) is 2.28. The largest absolute Gasteiger partial charge is 0.481 e. The van der Waals surface area contributed by atoms with Crippen LogP contribution in [0.1, 0.15) is 92.4 Å². The molecular weight excluding hydrogens is 414 g/mol. The van der Waals surface area contributed by atoms with Gasteiger partial charge in [-0.05, 0) is 37.5 Å². The molecule has 29 heavy (non-hydrogen) atoms. The van der Waals surface area contributed by atoms with Crippen LogP contribution in [0.5, 0.6) is 0 Å². The Morgan fingerprint density at radius 1 is 0.862 bits per heavy atom. The van der Waals surface area contributed by atoms with Gasteiger partial charge < -0.3 is 14.7 Å². The highest BCUT2D eigenvalue weighted by Gasteiger charge is 2.31. The van der Waals surface area contributed by atoms with Crippen LogP contribution in [0.15, 0.2) is 11.6 Å². The summed E-state index contributed by atoms with van der Waals surface area (Å²) < 4.78 is 30.2. The van der Waals surface area contributed by atoms with E-state index in [1.165, 1.54) is 38.5 Å². The van der Waals surface area contributed by atoms with Crippen molar-refractivity contribution in [3.05, 3.63) is 11.6 Å². The predicted octanol–water partition coefficient (Wildman–Crippen LogP) is 6.60. The van der Waals surface area contributed by atoms with E-state index in [9.17, 15) is 14.0 Å². The van der Waals surface area contributed by atoms with Crippen molar-refractivity contribution in [1.29, 1.82) is 0 Å². The van der Waals surface area contributed by atoms with Crippen LogP contribution >= 0.6 is 15.6 Å². The molecule has 0 saturated heterocycles. The third kappa shape index (κ3) is 19.7. The van der Waals surface area contributed by atoms with Crippen LogP contribution in [0.3, 0.4) is 0 Å². The Labute approximate surface area is 177 Å². The Hall–Kier alpha value is -0.0000000000000000416. The Morgan fingerprint density at radius 2 is 1.34 bits per heavy atom. The Morgan fingerprint density at radius 3 is 1.83 bits per heavy atom. The molecule has 0 aromatic carbocycles. The molecule has 0 aliphatic carbocycles. The maximum absolute atomic E-state index is 11.3. The van der Waals surface area contributed by atoms with Crippen molar-refractivity contribution < 1.29 is 32.6 Å². The molecule has 0 fully saturated rings. The van der Waals surface area contributed by atoms with Gasteiger partial charge in [0.1, 0.15) is 0 Å². The second kappa shape index (κ2) is 14.9. The van der Waals surface area contributed by atoms with Crippen molar-refractivity contribution in [2.45, 2.75) is 92.4 Å². The van der Waals surface area contributed by atoms with Crippen molar-refractivity contribution in [3.8, 4) is 0 Å². The average Bonchev–Trinajstić information content (AvgIpc) is 2.51. The van der Waals surface area contributed by atoms with E-state index in [4.69, 9.17) is 9.79 Å². The topological polar surface area (TPSA) is 113 Å². The van der Waals surface area contributed by atoms with E-state index in [1.807, 2.05) is 6.92 Å². The minimum Gasteiger partial charge on any atom is -0.302 e. The summed E-state index contributed by atoms with van der Waals surface area (Å²) in [6.45, 7) is 10.9. The molecule has 3 N–H and O–H groups in total. The van der Waals surface area contributed by atoms with Gasteiger partial charge in [0.15, 0.2) is 0 Å². The van der Waals surface area contributed by atoms with Crippen molar-refractivity contribution in [2.75, 3.05) is 6.61 Å². The van der Waals surface area contributed by atoms with Gasteiger partial charge >= 0.3 is 15.6 Å². The lowest BCUT2D eigenvalue weighted by molar-refractivity contribution is 0.191. The maximum atomic E-state index is 11.3. The molecule has 0 amide bonds. The first-order valence-corrected chi connectivity index (χ1v) is 13.7. The number of phosphoric ester groups is 1. The maximum Gasteiger partial charge on any atom is 0.481 e. The summed E-state index contributed by atoms with van der Waals surface area (Å²) >= 11 is 0. The minimum absolute atomic E-state index is 0.232. The Bertz CT molecular complexity index is 557. The standard InChI is InChI=1S/C20H42O7P2/c1-17(2)9-6-10-18(3)11-7-12-19(4)13-8-14-20(5)15-16-26-29(24,25)27-28(21,22)23/h15,17-19H,6-14,16H2,1-5H3,(H,24,25)(H2,21,22,23). The van der Waals surface area contributed by atoms with E-state index in [0.717, 1.165) is 36.7 Å². The van der Waals surface area contributed by atoms with Crippen LogP contribution < -0.4 is 0 Å². The predicted molar refractivity (Wildman–Crippen MR) is 117 cm³/mol. The van der Waals surface area contributed by atoms with Crippen LogP contribution in [-0.2, 0) is 18.0 Å². The molecular formula is C20H42O7P2. The monoisotopic (exact) mass is 456 g/mol. The molecule has 0 aromatic rings. The fourth-order valence-electron chi connectivity index (χ4n) is 3.24. The van der Waals surface area contributed by atoms with Crippen LogP contribution in [0, 0.1) is 17.8 Å². The zero-order valence-electron chi connectivity index (χ0n) is 18.7. The molecule has 9 heteroatoms. The molecule has 3 atom stereocenters. The normalized spacial score (nSPS) is 17.3. The molecule has 0 aliphatic rings. The fourth-order valence-corrected chi connectivity index (χ4v) is 4.77. The molecule has 7 nitrogen and oxygen atoms in total. The second-order valence-corrected chi connectivity index (χ2v) is 11.6. The van der Waals surface area contributed by atoms with Gasteiger partial charge in [-0.2, -0.15) is 4.31 Å². The van der Waals surface area contributed by atoms with Gasteiger partial charge in [-0.25, -0.2) is 9.13 Å². The number of rotatable bonds is 17. The van der Waals surface area contributed by atoms with Gasteiger partial charge in [-0.1, -0.05) is 84.3 Å². The van der Waals surface area contributed by atoms with E-state index in [2.05, 4.69) is 36.5 Å². The lowest BCUT2D eigenvalue weighted by atomic mass is 9.91. The average molecular weight is 456 g/mol. The Balaban J connectivity index is 3.89. The van der Waals surface area contributed by atoms with E-state index >= 15 is 0 Å². The van der Waals surface area contributed by atoms with E-state index in [1.54, 1.807) is 6.08 Å². The third-order valence-corrected chi connectivity index (χ3v) is 7.17. The Kier molecular flexibility index (Phi) is 14.9. The second-order valence-electron chi connectivity index (χ2n) is 8.75. The smallest absolute Gasteiger partial charge is 0.302 e. The van der Waals surface area contributed by atoms with Crippen LogP contribution in [0.4, 0.5) is 0 Å². The summed E-state index contributed by atoms with van der Waals surface area (Å²) in [4.78, 5) is 26.3. The number of hydrogen-bond acceptors (Lipinski definition) is 4. The number of allylic oxidation sites excluding steroid dienone is 1. The zero-order chi connectivity index (χ0) is 22.5. The fraction of sp³-hybridized carbons (Fsp3) is 0.900. The highest BCUT2D eigenvalue weighted by molar-refractivity contribution is 7.60. The van der Waals surface area contributed by atoms with E-state index < -0.39 is 15.6 Å². The molecule has 0 aromatic heterocycles. The zero-order valence-corrected chi connectivity index (χ0v) is 20.5. The van der Waals surface area contributed by atoms with Crippen LogP contribution in [-0.4, -0.2) is 21.3 Å². The quantitative estimate of drug-likeness (QED) is 0.167. The van der Waals surface area contributed by atoms with Gasteiger partial charge in [0, 0.05) is 0 Å². The number of hydrogen-bond donors (Lipinski definition) is 3. The first-order valence-electron chi connectivity index (χ1n) is 10.7. The van der Waals surface area contributed by atoms with E-state index in [0.29, 0.717) is 5.92 Å². The SMILES string of the molecule is CC(=CCOP(=O)(O)OP(=O)(O)O)CCCC(C)CCCC(C)CCCC(C)C. The van der Waals surface area contributed by atoms with Gasteiger partial charge in [0.2, 0.25) is 0 Å². The number of phosphoric acid groups is 2. The van der Waals surface area contributed by atoms with Gasteiger partial charge in [-0.15, -0.1) is 0 Å². The summed E-state index contributed by atoms with van der Waals surface area (Å²) in [7, 11) is -9.82. The van der Waals surface area contributed by atoms with Crippen LogP contribution in [0.2, 0.25) is 0 Å². The molecule has 0 heterocycles. The molecule has 0 rings (SSSR count). The molecule has 0 spiro atoms. The van der Waals surface area contributed by atoms with Gasteiger partial charge in [-0.3, -0.25) is 4.52 Å². The minimum atomic E-state index is -5.06. The molecule has 0 bridgehead atoms. The first kappa shape index (κ1) is 29.0. The third-order valence-electron chi connectivity index (χ3n) is 5.02. The van der Waals surface area contributed by atoms with Crippen molar-refractivity contribution in [3.63, 3.8) is 0 Å². The lowest BCUT2D eigenvalue weighted by Gasteiger charge is -2.15. The molecule has 174 valence electrons. The van der Waals surface area contributed by atoms with Gasteiger partial charge in [0.05, 0.1) is 6.61 Å². The molecule has 0 radical (unpaired) electrons. The highest BCUT2D eigenvalue weighted by Crippen LogP contribution is 2.57. The molecule has 0 saturated carbocycles. The summed E-state index contributed by atoms with van der Waals surface area (Å²) in [6, 6.07) is 0. The van der Waals surface area contributed by atoms with Gasteiger partial charge in [0.25, 0.3) is 0 Å². The van der Waals surface area contributed by atoms with Crippen molar-refractivity contribution >= 4 is 15.6 Å². The molecule has 0 aliphatic heterocycles. The lowest BCUT2D eigenvalue weighted by Crippen LogP contribution is -2.00. The first-order chi connectivity index (χ1) is 13.3. The van der Waals surface area contributed by atoms with Crippen molar-refractivity contribution in [2.24, 2.45) is 17.8 Å². The molecule has 3 unspecified atom stereocenters. The van der Waals surface area contributed by atoms with Crippen LogP contribution in [0.25, 0.3) is 0 Å². The highest BCUT2D eigenvalue weighted by atomic mass is 31.3. The van der Waals surface area contributed by atoms with E-state index in [-0.39, 0.29) is 6.61 Å². The summed E-state index contributed by atoms with van der Waals surface area (Å²) in [5.41, 5.74) is 1.01.